The van der Waals surface area contributed by atoms with E-state index in [4.69, 9.17) is 0 Å². The summed E-state index contributed by atoms with van der Waals surface area (Å²) in [5.41, 5.74) is 1.19. The first-order valence-corrected chi connectivity index (χ1v) is 7.13. The third-order valence-electron chi connectivity index (χ3n) is 3.11. The van der Waals surface area contributed by atoms with Crippen molar-refractivity contribution in [3.05, 3.63) is 30.5 Å². The molecule has 1 heterocycles. The molecule has 4 heteroatoms. The molecule has 0 bridgehead atoms. The maximum absolute atomic E-state index is 11.7. The summed E-state index contributed by atoms with van der Waals surface area (Å²) >= 11 is 0. The molecule has 0 radical (unpaired) electrons. The van der Waals surface area contributed by atoms with Crippen molar-refractivity contribution >= 4 is 16.8 Å². The van der Waals surface area contributed by atoms with Crippen LogP contribution in [-0.2, 0) is 11.3 Å². The van der Waals surface area contributed by atoms with Gasteiger partial charge < -0.3 is 5.32 Å². The van der Waals surface area contributed by atoms with Crippen LogP contribution in [0, 0.1) is 5.41 Å². The fraction of sp³-hybridized carbons (Fsp3) is 0.500. The summed E-state index contributed by atoms with van der Waals surface area (Å²) in [6, 6.07) is 8.16. The number of aromatic nitrogens is 2. The zero-order valence-corrected chi connectivity index (χ0v) is 12.5. The first-order chi connectivity index (χ1) is 9.46. The second-order valence-corrected chi connectivity index (χ2v) is 6.37. The minimum atomic E-state index is 0.0439. The smallest absolute Gasteiger partial charge is 0.220 e. The van der Waals surface area contributed by atoms with Crippen LogP contribution >= 0.6 is 0 Å². The van der Waals surface area contributed by atoms with Gasteiger partial charge in [-0.3, -0.25) is 9.48 Å². The van der Waals surface area contributed by atoms with E-state index in [0.717, 1.165) is 23.9 Å². The number of hydrogen-bond donors (Lipinski definition) is 1. The summed E-state index contributed by atoms with van der Waals surface area (Å²) in [6.45, 7) is 7.74. The summed E-state index contributed by atoms with van der Waals surface area (Å²) < 4.78 is 1.99. The Balaban J connectivity index is 1.78. The lowest BCUT2D eigenvalue weighted by atomic mass is 9.92. The number of benzene rings is 1. The minimum absolute atomic E-state index is 0.0439. The topological polar surface area (TPSA) is 46.9 Å². The number of carbonyl (C=O) groups excluding carboxylic acids is 1. The van der Waals surface area contributed by atoms with Gasteiger partial charge in [0.15, 0.2) is 0 Å². The van der Waals surface area contributed by atoms with Gasteiger partial charge in [-0.1, -0.05) is 39.0 Å². The quantitative estimate of drug-likeness (QED) is 0.851. The van der Waals surface area contributed by atoms with Gasteiger partial charge in [-0.15, -0.1) is 0 Å². The Bertz CT molecular complexity index is 581. The molecule has 0 aliphatic heterocycles. The molecule has 1 aromatic heterocycles. The zero-order valence-electron chi connectivity index (χ0n) is 12.5. The second-order valence-electron chi connectivity index (χ2n) is 6.37. The molecule has 1 amide bonds. The maximum Gasteiger partial charge on any atom is 0.220 e. The Labute approximate surface area is 120 Å². The Morgan fingerprint density at radius 1 is 1.30 bits per heavy atom. The Morgan fingerprint density at radius 2 is 2.05 bits per heavy atom. The van der Waals surface area contributed by atoms with Gasteiger partial charge in [-0.05, 0) is 17.9 Å². The molecule has 0 aliphatic carbocycles. The highest BCUT2D eigenvalue weighted by molar-refractivity contribution is 5.78. The zero-order chi connectivity index (χ0) is 14.6. The van der Waals surface area contributed by atoms with Crippen molar-refractivity contribution in [2.75, 3.05) is 6.54 Å². The number of aryl methyl sites for hydroxylation is 1. The van der Waals surface area contributed by atoms with Crippen molar-refractivity contribution < 1.29 is 4.79 Å². The number of fused-ring (bicyclic) bond motifs is 1. The van der Waals surface area contributed by atoms with Crippen molar-refractivity contribution in [3.8, 4) is 0 Å². The van der Waals surface area contributed by atoms with Crippen LogP contribution < -0.4 is 5.32 Å². The predicted octanol–water partition coefficient (Wildman–Crippen LogP) is 2.98. The lowest BCUT2D eigenvalue weighted by molar-refractivity contribution is -0.122. The molecule has 0 unspecified atom stereocenters. The lowest BCUT2D eigenvalue weighted by Gasteiger charge is -2.17. The fourth-order valence-electron chi connectivity index (χ4n) is 2.20. The van der Waals surface area contributed by atoms with E-state index >= 15 is 0 Å². The van der Waals surface area contributed by atoms with Crippen molar-refractivity contribution in [1.29, 1.82) is 0 Å². The Morgan fingerprint density at radius 3 is 2.80 bits per heavy atom. The molecular weight excluding hydrogens is 250 g/mol. The largest absolute Gasteiger partial charge is 0.356 e. The predicted molar refractivity (Wildman–Crippen MR) is 81.4 cm³/mol. The molecule has 1 N–H and O–H groups in total. The molecule has 2 aromatic rings. The van der Waals surface area contributed by atoms with Crippen molar-refractivity contribution in [3.63, 3.8) is 0 Å². The number of para-hydroxylation sites is 1. The van der Waals surface area contributed by atoms with Crippen LogP contribution in [0.5, 0.6) is 0 Å². The van der Waals surface area contributed by atoms with Gasteiger partial charge in [0.1, 0.15) is 0 Å². The van der Waals surface area contributed by atoms with Crippen molar-refractivity contribution in [2.24, 2.45) is 5.41 Å². The maximum atomic E-state index is 11.7. The molecule has 0 atom stereocenters. The summed E-state index contributed by atoms with van der Waals surface area (Å²) in [5.74, 6) is 0.128. The number of hydrogen-bond acceptors (Lipinski definition) is 2. The Hall–Kier alpha value is -1.84. The van der Waals surface area contributed by atoms with E-state index in [1.807, 2.05) is 23.0 Å². The van der Waals surface area contributed by atoms with Crippen LogP contribution in [0.25, 0.3) is 10.9 Å². The number of nitrogens with one attached hydrogen (secondary N) is 1. The SMILES string of the molecule is CC(C)(C)CC(=O)NCCCn1ncc2ccccc21. The highest BCUT2D eigenvalue weighted by Crippen LogP contribution is 2.17. The van der Waals surface area contributed by atoms with Gasteiger partial charge in [-0.25, -0.2) is 0 Å². The molecule has 0 fully saturated rings. The van der Waals surface area contributed by atoms with Gasteiger partial charge in [0, 0.05) is 24.9 Å². The summed E-state index contributed by atoms with van der Waals surface area (Å²) in [4.78, 5) is 11.7. The molecule has 0 saturated carbocycles. The third kappa shape index (κ3) is 4.08. The highest BCUT2D eigenvalue weighted by Gasteiger charge is 2.15. The lowest BCUT2D eigenvalue weighted by Crippen LogP contribution is -2.28. The van der Waals surface area contributed by atoms with E-state index < -0.39 is 0 Å². The van der Waals surface area contributed by atoms with Gasteiger partial charge >= 0.3 is 0 Å². The molecule has 108 valence electrons. The number of amides is 1. The van der Waals surface area contributed by atoms with Crippen LogP contribution in [0.1, 0.15) is 33.6 Å². The average molecular weight is 273 g/mol. The van der Waals surface area contributed by atoms with Gasteiger partial charge in [-0.2, -0.15) is 5.10 Å². The average Bonchev–Trinajstić information content (AvgIpc) is 2.76. The van der Waals surface area contributed by atoms with E-state index in [2.05, 4.69) is 43.3 Å². The normalized spacial score (nSPS) is 11.8. The van der Waals surface area contributed by atoms with E-state index in [1.54, 1.807) is 0 Å². The Kier molecular flexibility index (Phi) is 4.42. The summed E-state index contributed by atoms with van der Waals surface area (Å²) in [6.07, 6.45) is 3.34. The highest BCUT2D eigenvalue weighted by atomic mass is 16.1. The molecule has 2 rings (SSSR count). The molecular formula is C16H23N3O. The second kappa shape index (κ2) is 6.07. The molecule has 0 aliphatic rings. The molecule has 20 heavy (non-hydrogen) atoms. The standard InChI is InChI=1S/C16H23N3O/c1-16(2,3)11-15(20)17-9-6-10-19-14-8-5-4-7-13(14)12-18-19/h4-5,7-8,12H,6,9-11H2,1-3H3,(H,17,20). The third-order valence-corrected chi connectivity index (χ3v) is 3.11. The molecule has 0 spiro atoms. The van der Waals surface area contributed by atoms with Crippen molar-refractivity contribution in [1.82, 2.24) is 15.1 Å². The molecule has 1 aromatic carbocycles. The van der Waals surface area contributed by atoms with Gasteiger partial charge in [0.25, 0.3) is 0 Å². The van der Waals surface area contributed by atoms with E-state index in [9.17, 15) is 4.79 Å². The number of rotatable bonds is 5. The number of nitrogens with zero attached hydrogens (tertiary/aromatic N) is 2. The monoisotopic (exact) mass is 273 g/mol. The summed E-state index contributed by atoms with van der Waals surface area (Å²) in [5, 5.41) is 8.50. The molecule has 4 nitrogen and oxygen atoms in total. The number of carbonyl (C=O) groups is 1. The van der Waals surface area contributed by atoms with Crippen LogP contribution in [-0.4, -0.2) is 22.2 Å². The van der Waals surface area contributed by atoms with Gasteiger partial charge in [0.05, 0.1) is 11.7 Å². The fourth-order valence-corrected chi connectivity index (χ4v) is 2.20. The van der Waals surface area contributed by atoms with Crippen LogP contribution in [0.4, 0.5) is 0 Å². The van der Waals surface area contributed by atoms with Gasteiger partial charge in [0.2, 0.25) is 5.91 Å². The minimum Gasteiger partial charge on any atom is -0.356 e. The summed E-state index contributed by atoms with van der Waals surface area (Å²) in [7, 11) is 0. The first-order valence-electron chi connectivity index (χ1n) is 7.13. The van der Waals surface area contributed by atoms with Crippen LogP contribution in [0.15, 0.2) is 30.5 Å². The van der Waals surface area contributed by atoms with E-state index in [0.29, 0.717) is 13.0 Å². The van der Waals surface area contributed by atoms with E-state index in [-0.39, 0.29) is 11.3 Å². The first kappa shape index (κ1) is 14.6. The van der Waals surface area contributed by atoms with Crippen LogP contribution in [0.3, 0.4) is 0 Å². The van der Waals surface area contributed by atoms with E-state index in [1.165, 1.54) is 0 Å². The molecule has 0 saturated heterocycles. The van der Waals surface area contributed by atoms with Crippen molar-refractivity contribution in [2.45, 2.75) is 40.2 Å². The van der Waals surface area contributed by atoms with Crippen LogP contribution in [0.2, 0.25) is 0 Å².